The number of fused-ring (bicyclic) bond motifs is 2. The number of nitrogens with one attached hydrogen (secondary N) is 3. The Labute approximate surface area is 195 Å². The van der Waals surface area contributed by atoms with Crippen LogP contribution in [0.2, 0.25) is 0 Å². The number of hydrogen-bond acceptors (Lipinski definition) is 6. The fourth-order valence-electron chi connectivity index (χ4n) is 4.07. The quantitative estimate of drug-likeness (QED) is 0.314. The summed E-state index contributed by atoms with van der Waals surface area (Å²) in [6.45, 7) is 3.03. The molecule has 0 saturated carbocycles. The fraction of sp³-hybridized carbons (Fsp3) is 0.115. The average Bonchev–Trinajstić information content (AvgIpc) is 3.52. The van der Waals surface area contributed by atoms with E-state index in [0.717, 1.165) is 63.2 Å². The summed E-state index contributed by atoms with van der Waals surface area (Å²) in [5, 5.41) is 11.7. The van der Waals surface area contributed by atoms with Crippen LogP contribution in [0.4, 0.5) is 5.82 Å². The van der Waals surface area contributed by atoms with Gasteiger partial charge in [0.25, 0.3) is 0 Å². The number of aromatic nitrogens is 7. The van der Waals surface area contributed by atoms with Crippen molar-refractivity contribution >= 4 is 27.9 Å². The van der Waals surface area contributed by atoms with E-state index in [0.29, 0.717) is 11.5 Å². The van der Waals surface area contributed by atoms with Crippen LogP contribution < -0.4 is 5.32 Å². The number of pyridine rings is 3. The molecule has 8 heteroatoms. The second kappa shape index (κ2) is 8.40. The van der Waals surface area contributed by atoms with Gasteiger partial charge in [0, 0.05) is 53.6 Å². The Morgan fingerprint density at radius 1 is 0.912 bits per heavy atom. The lowest BCUT2D eigenvalue weighted by Gasteiger charge is -2.05. The van der Waals surface area contributed by atoms with Crippen molar-refractivity contribution in [1.82, 2.24) is 35.1 Å². The minimum atomic E-state index is 0.640. The van der Waals surface area contributed by atoms with E-state index in [9.17, 15) is 0 Å². The zero-order chi connectivity index (χ0) is 22.9. The second-order valence-corrected chi connectivity index (χ2v) is 8.08. The summed E-state index contributed by atoms with van der Waals surface area (Å²) in [7, 11) is 0. The molecule has 0 bridgehead atoms. The molecule has 0 fully saturated rings. The minimum Gasteiger partial charge on any atom is -0.370 e. The summed E-state index contributed by atoms with van der Waals surface area (Å²) < 4.78 is 0. The lowest BCUT2D eigenvalue weighted by molar-refractivity contribution is 0.969. The fourth-order valence-corrected chi connectivity index (χ4v) is 4.07. The molecule has 6 rings (SSSR count). The third-order valence-corrected chi connectivity index (χ3v) is 5.78. The van der Waals surface area contributed by atoms with Crippen LogP contribution in [-0.4, -0.2) is 41.7 Å². The van der Waals surface area contributed by atoms with Crippen molar-refractivity contribution in [1.29, 1.82) is 0 Å². The van der Waals surface area contributed by atoms with Crippen molar-refractivity contribution in [3.8, 4) is 33.8 Å². The maximum atomic E-state index is 4.92. The Kier molecular flexibility index (Phi) is 4.95. The number of H-pyrrole nitrogens is 2. The zero-order valence-electron chi connectivity index (χ0n) is 18.6. The average molecular weight is 447 g/mol. The summed E-state index contributed by atoms with van der Waals surface area (Å²) in [4.78, 5) is 21.7. The van der Waals surface area contributed by atoms with Crippen LogP contribution in [0.15, 0.2) is 73.3 Å². The predicted octanol–water partition coefficient (Wildman–Crippen LogP) is 5.45. The van der Waals surface area contributed by atoms with Crippen LogP contribution in [-0.2, 0) is 0 Å². The van der Waals surface area contributed by atoms with Gasteiger partial charge in [-0.2, -0.15) is 5.10 Å². The molecule has 5 heterocycles. The molecule has 0 aliphatic heterocycles. The molecule has 0 atom stereocenters. The Hall–Kier alpha value is -4.59. The van der Waals surface area contributed by atoms with Gasteiger partial charge in [0.2, 0.25) is 0 Å². The molecule has 166 valence electrons. The van der Waals surface area contributed by atoms with Gasteiger partial charge in [0.15, 0.2) is 11.5 Å². The van der Waals surface area contributed by atoms with Crippen molar-refractivity contribution in [2.45, 2.75) is 13.3 Å². The van der Waals surface area contributed by atoms with Gasteiger partial charge >= 0.3 is 0 Å². The maximum Gasteiger partial charge on any atom is 0.181 e. The van der Waals surface area contributed by atoms with Gasteiger partial charge in [-0.25, -0.2) is 15.0 Å². The summed E-state index contributed by atoms with van der Waals surface area (Å²) in [6.07, 6.45) is 8.36. The van der Waals surface area contributed by atoms with Crippen LogP contribution in [0.3, 0.4) is 0 Å². The van der Waals surface area contributed by atoms with Gasteiger partial charge in [0.1, 0.15) is 11.5 Å². The number of anilines is 1. The van der Waals surface area contributed by atoms with Gasteiger partial charge in [-0.1, -0.05) is 25.1 Å². The number of rotatable bonds is 6. The maximum absolute atomic E-state index is 4.92. The molecular weight excluding hydrogens is 424 g/mol. The highest BCUT2D eigenvalue weighted by Crippen LogP contribution is 2.32. The summed E-state index contributed by atoms with van der Waals surface area (Å²) in [5.74, 6) is 1.58. The zero-order valence-corrected chi connectivity index (χ0v) is 18.6. The van der Waals surface area contributed by atoms with E-state index in [1.807, 2.05) is 48.9 Å². The molecule has 34 heavy (non-hydrogen) atoms. The molecule has 0 radical (unpaired) electrons. The molecule has 0 aliphatic rings. The highest BCUT2D eigenvalue weighted by Gasteiger charge is 2.16. The van der Waals surface area contributed by atoms with Crippen LogP contribution in [0, 0.1) is 0 Å². The Morgan fingerprint density at radius 3 is 2.68 bits per heavy atom. The van der Waals surface area contributed by atoms with E-state index >= 15 is 0 Å². The van der Waals surface area contributed by atoms with Crippen molar-refractivity contribution in [3.63, 3.8) is 0 Å². The number of imidazole rings is 1. The largest absolute Gasteiger partial charge is 0.370 e. The molecule has 0 spiro atoms. The lowest BCUT2D eigenvalue weighted by Crippen LogP contribution is -2.01. The first-order chi connectivity index (χ1) is 16.8. The molecule has 0 amide bonds. The Bertz CT molecular complexity index is 1580. The number of aromatic amines is 2. The van der Waals surface area contributed by atoms with Gasteiger partial charge in [0.05, 0.1) is 16.4 Å². The highest BCUT2D eigenvalue weighted by atomic mass is 15.2. The molecule has 0 unspecified atom stereocenters. The van der Waals surface area contributed by atoms with Crippen LogP contribution in [0.5, 0.6) is 0 Å². The van der Waals surface area contributed by atoms with E-state index in [4.69, 9.17) is 4.98 Å². The van der Waals surface area contributed by atoms with Gasteiger partial charge in [-0.15, -0.1) is 0 Å². The Morgan fingerprint density at radius 2 is 1.85 bits per heavy atom. The van der Waals surface area contributed by atoms with Crippen LogP contribution in [0.1, 0.15) is 13.3 Å². The highest BCUT2D eigenvalue weighted by molar-refractivity contribution is 5.97. The summed E-state index contributed by atoms with van der Waals surface area (Å²) >= 11 is 0. The SMILES string of the molecule is CCCNc1ccc(-c2cnc3n[nH]c(-c4nc5c(-c6cccnc6)cccc5[nH]4)c3c2)cn1. The molecule has 8 nitrogen and oxygen atoms in total. The van der Waals surface area contributed by atoms with Crippen molar-refractivity contribution in [2.75, 3.05) is 11.9 Å². The lowest BCUT2D eigenvalue weighted by atomic mass is 10.1. The first-order valence-corrected chi connectivity index (χ1v) is 11.2. The third-order valence-electron chi connectivity index (χ3n) is 5.78. The normalized spacial score (nSPS) is 11.3. The van der Waals surface area contributed by atoms with E-state index in [-0.39, 0.29) is 0 Å². The van der Waals surface area contributed by atoms with E-state index < -0.39 is 0 Å². The molecule has 1 aromatic carbocycles. The summed E-state index contributed by atoms with van der Waals surface area (Å²) in [6, 6.07) is 16.2. The van der Waals surface area contributed by atoms with Crippen LogP contribution >= 0.6 is 0 Å². The smallest absolute Gasteiger partial charge is 0.181 e. The molecule has 6 aromatic rings. The number of hydrogen-bond donors (Lipinski definition) is 3. The van der Waals surface area contributed by atoms with E-state index in [2.05, 4.69) is 60.6 Å². The van der Waals surface area contributed by atoms with Crippen molar-refractivity contribution in [2.24, 2.45) is 0 Å². The summed E-state index contributed by atoms with van der Waals surface area (Å²) in [5.41, 5.74) is 7.28. The molecule has 0 aliphatic carbocycles. The van der Waals surface area contributed by atoms with Crippen molar-refractivity contribution in [3.05, 3.63) is 73.3 Å². The molecular formula is C26H22N8. The third kappa shape index (κ3) is 3.55. The van der Waals surface area contributed by atoms with Gasteiger partial charge in [-0.05, 0) is 36.8 Å². The predicted molar refractivity (Wildman–Crippen MR) is 134 cm³/mol. The monoisotopic (exact) mass is 446 g/mol. The first kappa shape index (κ1) is 20.0. The standard InChI is InChI=1S/C26H22N8/c1-2-10-28-22-9-8-16(14-29-22)18-12-20-24(33-34-25(20)30-15-18)26-31-21-7-3-6-19(23(21)32-26)17-5-4-11-27-13-17/h3-9,11-15H,2,10H2,1H3,(H,28,29)(H,31,32)(H,30,33,34). The Balaban J connectivity index is 1.41. The second-order valence-electron chi connectivity index (χ2n) is 8.08. The van der Waals surface area contributed by atoms with Gasteiger partial charge < -0.3 is 10.3 Å². The van der Waals surface area contributed by atoms with E-state index in [1.165, 1.54) is 0 Å². The van der Waals surface area contributed by atoms with E-state index in [1.54, 1.807) is 6.20 Å². The molecule has 3 N–H and O–H groups in total. The minimum absolute atomic E-state index is 0.640. The van der Waals surface area contributed by atoms with Crippen LogP contribution in [0.25, 0.3) is 55.8 Å². The first-order valence-electron chi connectivity index (χ1n) is 11.2. The topological polar surface area (TPSA) is 108 Å². The number of nitrogens with zero attached hydrogens (tertiary/aromatic N) is 5. The number of para-hydroxylation sites is 1. The van der Waals surface area contributed by atoms with Gasteiger partial charge in [-0.3, -0.25) is 10.1 Å². The molecule has 0 saturated heterocycles. The van der Waals surface area contributed by atoms with Crippen molar-refractivity contribution < 1.29 is 0 Å². The molecule has 5 aromatic heterocycles. The number of benzene rings is 1.